The van der Waals surface area contributed by atoms with Gasteiger partial charge in [-0.25, -0.2) is 0 Å². The van der Waals surface area contributed by atoms with Gasteiger partial charge in [-0.15, -0.1) is 0 Å². The molecule has 3 rings (SSSR count). The first-order valence-corrected chi connectivity index (χ1v) is 13.5. The average molecular weight is 437 g/mol. The molecule has 0 spiro atoms. The Morgan fingerprint density at radius 3 is 1.37 bits per heavy atom. The van der Waals surface area contributed by atoms with E-state index in [0.29, 0.717) is 0 Å². The first-order chi connectivity index (χ1) is 14.2. The number of ketones is 1. The number of hydrogen-bond donors (Lipinski definition) is 0. The number of hydrogen-bond acceptors (Lipinski definition) is 1. The van der Waals surface area contributed by atoms with Crippen molar-refractivity contribution in [3.05, 3.63) is 102 Å². The van der Waals surface area contributed by atoms with Gasteiger partial charge in [0.05, 0.1) is 0 Å². The third kappa shape index (κ3) is 3.55. The zero-order valence-electron chi connectivity index (χ0n) is 18.2. The summed E-state index contributed by atoms with van der Waals surface area (Å²) >= 11 is 8.16. The van der Waals surface area contributed by atoms with Crippen LogP contribution in [0, 0.1) is 5.41 Å². The van der Waals surface area contributed by atoms with Gasteiger partial charge in [-0.05, 0) is 0 Å². The molecule has 3 aromatic carbocycles. The van der Waals surface area contributed by atoms with Gasteiger partial charge in [-0.3, -0.25) is 0 Å². The first kappa shape index (κ1) is 22.5. The molecule has 1 nitrogen and oxygen atoms in total. The normalized spacial score (nSPS) is 14.0. The van der Waals surface area contributed by atoms with E-state index in [1.165, 1.54) is 0 Å². The van der Waals surface area contributed by atoms with Crippen LogP contribution in [0.1, 0.15) is 34.1 Å². The predicted octanol–water partition coefficient (Wildman–Crippen LogP) is 6.58. The molecule has 0 radical (unpaired) electrons. The molecule has 156 valence electrons. The van der Waals surface area contributed by atoms with E-state index in [1.54, 1.807) is 0 Å². The van der Waals surface area contributed by atoms with Gasteiger partial charge in [0.15, 0.2) is 0 Å². The molecule has 3 aromatic rings. The van der Waals surface area contributed by atoms with Crippen LogP contribution in [0.15, 0.2) is 102 Å². The molecule has 0 fully saturated rings. The fraction of sp³-hybridized carbons (Fsp3) is 0.222. The van der Waals surface area contributed by atoms with Crippen molar-refractivity contribution < 1.29 is 4.79 Å². The van der Waals surface area contributed by atoms with Gasteiger partial charge in [0.2, 0.25) is 0 Å². The molecule has 30 heavy (non-hydrogen) atoms. The average Bonchev–Trinajstić information content (AvgIpc) is 2.78. The zero-order valence-corrected chi connectivity index (χ0v) is 19.8. The molecule has 0 amide bonds. The number of allylic oxidation sites excluding steroid dienone is 2. The molecule has 0 saturated heterocycles. The topological polar surface area (TPSA) is 17.1 Å². The number of benzene rings is 3. The first-order valence-electron chi connectivity index (χ1n) is 10.4. The van der Waals surface area contributed by atoms with Crippen LogP contribution in [0.3, 0.4) is 0 Å². The van der Waals surface area contributed by atoms with E-state index < -0.39 is 11.4 Å². The molecule has 0 aliphatic heterocycles. The van der Waals surface area contributed by atoms with E-state index in [4.69, 9.17) is 11.2 Å². The van der Waals surface area contributed by atoms with Crippen LogP contribution in [-0.4, -0.2) is 5.78 Å². The van der Waals surface area contributed by atoms with E-state index >= 15 is 0 Å². The van der Waals surface area contributed by atoms with Crippen LogP contribution < -0.4 is 15.9 Å². The number of carbonyl (C=O) groups is 1. The van der Waals surface area contributed by atoms with Crippen LogP contribution in [-0.2, 0) is 4.79 Å². The maximum atomic E-state index is 14.0. The fourth-order valence-corrected chi connectivity index (χ4v) is 10.6. The second kappa shape index (κ2) is 8.50. The van der Waals surface area contributed by atoms with E-state index in [0.717, 1.165) is 27.6 Å². The van der Waals surface area contributed by atoms with Crippen molar-refractivity contribution in [3.8, 4) is 0 Å². The summed E-state index contributed by atoms with van der Waals surface area (Å²) in [6, 6.07) is 30.5. The Balaban J connectivity index is 2.60. The summed E-state index contributed by atoms with van der Waals surface area (Å²) in [5.41, 5.74) is -0.558. The molecule has 3 heteroatoms. The molecule has 0 N–H and O–H groups in total. The van der Waals surface area contributed by atoms with E-state index in [9.17, 15) is 4.79 Å². The van der Waals surface area contributed by atoms with Crippen molar-refractivity contribution in [2.24, 2.45) is 5.41 Å². The van der Waals surface area contributed by atoms with Crippen molar-refractivity contribution in [3.63, 3.8) is 0 Å². The van der Waals surface area contributed by atoms with Crippen molar-refractivity contribution >= 4 is 38.9 Å². The van der Waals surface area contributed by atoms with Crippen molar-refractivity contribution in [2.75, 3.05) is 0 Å². The van der Waals surface area contributed by atoms with Crippen LogP contribution >= 0.6 is 17.2 Å². The van der Waals surface area contributed by atoms with Crippen LogP contribution in [0.5, 0.6) is 0 Å². The van der Waals surface area contributed by atoms with Crippen molar-refractivity contribution in [1.29, 1.82) is 0 Å². The summed E-state index contributed by atoms with van der Waals surface area (Å²) in [5, 5.41) is 3.68. The van der Waals surface area contributed by atoms with Gasteiger partial charge in [0, 0.05) is 0 Å². The van der Waals surface area contributed by atoms with Gasteiger partial charge in [-0.2, -0.15) is 0 Å². The molecule has 0 unspecified atom stereocenters. The Morgan fingerprint density at radius 2 is 1.10 bits per heavy atom. The molecule has 0 aliphatic carbocycles. The van der Waals surface area contributed by atoms with Gasteiger partial charge in [0.1, 0.15) is 0 Å². The van der Waals surface area contributed by atoms with Gasteiger partial charge in [0.25, 0.3) is 0 Å². The summed E-state index contributed by atoms with van der Waals surface area (Å²) in [7, 11) is 0. The standard InChI is InChI=1S/C27H30ClOP/c1-5-15-25(26(29)27(2,3)4)30(28,22-16-9-6-10-17-22,23-18-11-7-12-19-23)24-20-13-8-14-21-24/h6-21H,5H2,1-4H3/b25-15+. The summed E-state index contributed by atoms with van der Waals surface area (Å²) < 4.78 is 0. The third-order valence-electron chi connectivity index (χ3n) is 5.49. The molecule has 0 aliphatic rings. The van der Waals surface area contributed by atoms with Gasteiger partial charge >= 0.3 is 186 Å². The Kier molecular flexibility index (Phi) is 6.37. The van der Waals surface area contributed by atoms with Gasteiger partial charge < -0.3 is 0 Å². The molecule has 0 bridgehead atoms. The SMILES string of the molecule is CC/C=C(\C(=O)C(C)(C)C)P(Cl)(c1ccccc1)(c1ccccc1)c1ccccc1. The van der Waals surface area contributed by atoms with E-state index in [1.807, 2.05) is 75.4 Å². The molecule has 0 saturated carbocycles. The van der Waals surface area contributed by atoms with E-state index in [2.05, 4.69) is 49.4 Å². The second-order valence-electron chi connectivity index (χ2n) is 8.59. The molecular formula is C27H30ClOP. The van der Waals surface area contributed by atoms with Crippen LogP contribution in [0.25, 0.3) is 0 Å². The summed E-state index contributed by atoms with van der Waals surface area (Å²) in [6.45, 7) is 7.97. The van der Waals surface area contributed by atoms with Crippen molar-refractivity contribution in [2.45, 2.75) is 34.1 Å². The quantitative estimate of drug-likeness (QED) is 0.315. The third-order valence-corrected chi connectivity index (χ3v) is 12.9. The Morgan fingerprint density at radius 1 is 0.767 bits per heavy atom. The Labute approximate surface area is 185 Å². The maximum absolute atomic E-state index is 14.0. The molecule has 0 aromatic heterocycles. The minimum absolute atomic E-state index is 0.0913. The van der Waals surface area contributed by atoms with E-state index in [-0.39, 0.29) is 5.78 Å². The fourth-order valence-electron chi connectivity index (χ4n) is 4.02. The van der Waals surface area contributed by atoms with Crippen molar-refractivity contribution in [1.82, 2.24) is 0 Å². The number of rotatable bonds is 6. The molecule has 0 heterocycles. The Hall–Kier alpha value is -2.21. The number of carbonyl (C=O) groups excluding carboxylic acids is 1. The zero-order chi connectivity index (χ0) is 21.9. The second-order valence-corrected chi connectivity index (χ2v) is 14.7. The predicted molar refractivity (Wildman–Crippen MR) is 134 cm³/mol. The van der Waals surface area contributed by atoms with Crippen LogP contribution in [0.4, 0.5) is 0 Å². The summed E-state index contributed by atoms with van der Waals surface area (Å²) in [4.78, 5) is 14.0. The number of Topliss-reactive ketones (excluding diaryl/α,β-unsaturated/α-hetero) is 1. The monoisotopic (exact) mass is 436 g/mol. The van der Waals surface area contributed by atoms with Crippen LogP contribution in [0.2, 0.25) is 0 Å². The minimum atomic E-state index is -3.79. The summed E-state index contributed by atoms with van der Waals surface area (Å²) in [5.74, 6) is -3.70. The molecule has 0 atom stereocenters. The van der Waals surface area contributed by atoms with Gasteiger partial charge in [-0.1, -0.05) is 0 Å². The Bertz CT molecular complexity index is 935. The molecular weight excluding hydrogens is 407 g/mol. The summed E-state index contributed by atoms with van der Waals surface area (Å²) in [6.07, 6.45) is 2.79. The number of halogens is 1.